The first-order valence-corrected chi connectivity index (χ1v) is 10.4. The molecule has 0 aliphatic carbocycles. The number of hydrogen-bond acceptors (Lipinski definition) is 4. The number of rotatable bonds is 7. The second-order valence-corrected chi connectivity index (χ2v) is 7.75. The first-order valence-electron chi connectivity index (χ1n) is 9.43. The largest absolute Gasteiger partial charge is 0.467 e. The maximum absolute atomic E-state index is 13.4. The Morgan fingerprint density at radius 1 is 1.10 bits per heavy atom. The Morgan fingerprint density at radius 2 is 1.83 bits per heavy atom. The van der Waals surface area contributed by atoms with Crippen molar-refractivity contribution < 1.29 is 13.6 Å². The van der Waals surface area contributed by atoms with Crippen molar-refractivity contribution in [1.82, 2.24) is 15.3 Å². The van der Waals surface area contributed by atoms with Crippen LogP contribution in [0.25, 0.3) is 22.6 Å². The number of benzene rings is 2. The number of thioether (sulfide) groups is 1. The molecule has 2 N–H and O–H groups in total. The van der Waals surface area contributed by atoms with E-state index in [1.807, 2.05) is 37.3 Å². The lowest BCUT2D eigenvalue weighted by atomic mass is 10.1. The molecular weight excluding hydrogens is 401 g/mol. The van der Waals surface area contributed by atoms with Gasteiger partial charge in [-0.25, -0.2) is 9.37 Å². The maximum atomic E-state index is 13.4. The van der Waals surface area contributed by atoms with Crippen LogP contribution in [0.4, 0.5) is 4.39 Å². The Kier molecular flexibility index (Phi) is 5.99. The van der Waals surface area contributed by atoms with Crippen molar-refractivity contribution in [3.63, 3.8) is 0 Å². The number of amides is 1. The number of imidazole rings is 1. The monoisotopic (exact) mass is 421 g/mol. The third kappa shape index (κ3) is 4.80. The smallest absolute Gasteiger partial charge is 0.230 e. The fourth-order valence-corrected chi connectivity index (χ4v) is 3.74. The van der Waals surface area contributed by atoms with Crippen molar-refractivity contribution in [3.8, 4) is 22.6 Å². The fraction of sp³-hybridized carbons (Fsp3) is 0.130. The van der Waals surface area contributed by atoms with Gasteiger partial charge in [-0.05, 0) is 43.3 Å². The molecule has 7 heteroatoms. The van der Waals surface area contributed by atoms with Crippen molar-refractivity contribution in [2.24, 2.45) is 0 Å². The van der Waals surface area contributed by atoms with Gasteiger partial charge >= 0.3 is 0 Å². The molecule has 152 valence electrons. The van der Waals surface area contributed by atoms with Gasteiger partial charge < -0.3 is 14.7 Å². The lowest BCUT2D eigenvalue weighted by Crippen LogP contribution is -2.24. The summed E-state index contributed by atoms with van der Waals surface area (Å²) in [7, 11) is 0. The Bertz CT molecular complexity index is 1120. The molecule has 0 atom stereocenters. The quantitative estimate of drug-likeness (QED) is 0.403. The summed E-state index contributed by atoms with van der Waals surface area (Å²) in [5, 5.41) is 3.51. The van der Waals surface area contributed by atoms with E-state index in [1.165, 1.54) is 23.9 Å². The number of aromatic nitrogens is 2. The van der Waals surface area contributed by atoms with E-state index < -0.39 is 0 Å². The molecule has 2 aromatic carbocycles. The second-order valence-electron chi connectivity index (χ2n) is 6.78. The predicted octanol–water partition coefficient (Wildman–Crippen LogP) is 5.19. The molecule has 2 aromatic heterocycles. The summed E-state index contributed by atoms with van der Waals surface area (Å²) in [6, 6.07) is 17.8. The minimum Gasteiger partial charge on any atom is -0.467 e. The molecule has 0 fully saturated rings. The zero-order chi connectivity index (χ0) is 20.9. The average molecular weight is 421 g/mol. The van der Waals surface area contributed by atoms with Crippen molar-refractivity contribution in [1.29, 1.82) is 0 Å². The van der Waals surface area contributed by atoms with Crippen molar-refractivity contribution in [3.05, 3.63) is 84.1 Å². The van der Waals surface area contributed by atoms with E-state index in [9.17, 15) is 9.18 Å². The Hall–Kier alpha value is -3.32. The number of aromatic amines is 1. The summed E-state index contributed by atoms with van der Waals surface area (Å²) in [5.41, 5.74) is 3.67. The van der Waals surface area contributed by atoms with Gasteiger partial charge in [-0.15, -0.1) is 0 Å². The van der Waals surface area contributed by atoms with Crippen molar-refractivity contribution in [2.75, 3.05) is 5.75 Å². The summed E-state index contributed by atoms with van der Waals surface area (Å²) < 4.78 is 18.6. The van der Waals surface area contributed by atoms with E-state index in [1.54, 1.807) is 24.5 Å². The van der Waals surface area contributed by atoms with Crippen LogP contribution in [0.2, 0.25) is 0 Å². The van der Waals surface area contributed by atoms with Crippen LogP contribution in [0, 0.1) is 12.7 Å². The van der Waals surface area contributed by atoms with E-state index in [2.05, 4.69) is 10.3 Å². The molecule has 0 spiro atoms. The molecule has 0 bridgehead atoms. The highest BCUT2D eigenvalue weighted by Crippen LogP contribution is 2.32. The molecule has 0 aliphatic heterocycles. The van der Waals surface area contributed by atoms with Crippen LogP contribution in [0.3, 0.4) is 0 Å². The van der Waals surface area contributed by atoms with Crippen LogP contribution < -0.4 is 5.32 Å². The SMILES string of the molecule is Cc1ccc(-c2nc(SCC(=O)NCc3ccco3)c(-c3ccc(F)cc3)[nH]2)cc1. The van der Waals surface area contributed by atoms with Gasteiger partial charge in [-0.3, -0.25) is 4.79 Å². The number of furan rings is 1. The molecule has 0 saturated carbocycles. The van der Waals surface area contributed by atoms with Gasteiger partial charge in [0.25, 0.3) is 0 Å². The molecule has 4 aromatic rings. The Balaban J connectivity index is 1.54. The molecule has 1 amide bonds. The van der Waals surface area contributed by atoms with E-state index in [4.69, 9.17) is 9.40 Å². The molecule has 2 heterocycles. The molecule has 0 unspecified atom stereocenters. The van der Waals surface area contributed by atoms with E-state index in [0.29, 0.717) is 23.2 Å². The first-order chi connectivity index (χ1) is 14.6. The summed E-state index contributed by atoms with van der Waals surface area (Å²) in [6.45, 7) is 2.37. The summed E-state index contributed by atoms with van der Waals surface area (Å²) in [4.78, 5) is 20.3. The van der Waals surface area contributed by atoms with E-state index >= 15 is 0 Å². The third-order valence-electron chi connectivity index (χ3n) is 4.51. The summed E-state index contributed by atoms with van der Waals surface area (Å²) >= 11 is 1.33. The van der Waals surface area contributed by atoms with Crippen LogP contribution in [0.5, 0.6) is 0 Å². The minimum atomic E-state index is -0.302. The maximum Gasteiger partial charge on any atom is 0.230 e. The van der Waals surface area contributed by atoms with Crippen LogP contribution >= 0.6 is 11.8 Å². The van der Waals surface area contributed by atoms with E-state index in [0.717, 1.165) is 22.4 Å². The number of carbonyl (C=O) groups excluding carboxylic acids is 1. The molecule has 5 nitrogen and oxygen atoms in total. The lowest BCUT2D eigenvalue weighted by molar-refractivity contribution is -0.118. The highest BCUT2D eigenvalue weighted by molar-refractivity contribution is 8.00. The van der Waals surface area contributed by atoms with Crippen LogP contribution in [-0.4, -0.2) is 21.6 Å². The normalized spacial score (nSPS) is 10.9. The van der Waals surface area contributed by atoms with Gasteiger partial charge in [0.1, 0.15) is 22.4 Å². The summed E-state index contributed by atoms with van der Waals surface area (Å²) in [5.74, 6) is 1.17. The van der Waals surface area contributed by atoms with Crippen molar-refractivity contribution in [2.45, 2.75) is 18.5 Å². The third-order valence-corrected chi connectivity index (χ3v) is 5.48. The van der Waals surface area contributed by atoms with Gasteiger partial charge in [0.2, 0.25) is 5.91 Å². The number of nitrogens with zero attached hydrogens (tertiary/aromatic N) is 1. The van der Waals surface area contributed by atoms with E-state index in [-0.39, 0.29) is 17.5 Å². The number of aryl methyl sites for hydroxylation is 1. The highest BCUT2D eigenvalue weighted by Gasteiger charge is 2.16. The number of nitrogens with one attached hydrogen (secondary N) is 2. The Labute approximate surface area is 177 Å². The summed E-state index contributed by atoms with van der Waals surface area (Å²) in [6.07, 6.45) is 1.57. The van der Waals surface area contributed by atoms with Gasteiger partial charge in [0.15, 0.2) is 0 Å². The van der Waals surface area contributed by atoms with Gasteiger partial charge in [0.05, 0.1) is 24.3 Å². The van der Waals surface area contributed by atoms with Crippen LogP contribution in [0.15, 0.2) is 76.4 Å². The highest BCUT2D eigenvalue weighted by atomic mass is 32.2. The molecular formula is C23H20FN3O2S. The standard InChI is InChI=1S/C23H20FN3O2S/c1-15-4-6-17(7-5-15)22-26-21(16-8-10-18(24)11-9-16)23(27-22)30-14-20(28)25-13-19-3-2-12-29-19/h2-12H,13-14H2,1H3,(H,25,28)(H,26,27). The molecule has 0 aliphatic rings. The molecule has 4 rings (SSSR count). The van der Waals surface area contributed by atoms with Crippen molar-refractivity contribution >= 4 is 17.7 Å². The minimum absolute atomic E-state index is 0.124. The first kappa shape index (κ1) is 20.0. The van der Waals surface area contributed by atoms with Gasteiger partial charge in [0, 0.05) is 11.1 Å². The van der Waals surface area contributed by atoms with Crippen LogP contribution in [-0.2, 0) is 11.3 Å². The predicted molar refractivity (Wildman–Crippen MR) is 115 cm³/mol. The average Bonchev–Trinajstić information content (AvgIpc) is 3.42. The number of halogens is 1. The zero-order valence-corrected chi connectivity index (χ0v) is 17.1. The molecule has 30 heavy (non-hydrogen) atoms. The number of H-pyrrole nitrogens is 1. The second kappa shape index (κ2) is 9.00. The molecule has 0 saturated heterocycles. The number of carbonyl (C=O) groups is 1. The van der Waals surface area contributed by atoms with Gasteiger partial charge in [-0.2, -0.15) is 0 Å². The fourth-order valence-electron chi connectivity index (χ4n) is 2.91. The molecule has 0 radical (unpaired) electrons. The zero-order valence-electron chi connectivity index (χ0n) is 16.3. The topological polar surface area (TPSA) is 70.9 Å². The van der Waals surface area contributed by atoms with Gasteiger partial charge in [-0.1, -0.05) is 41.6 Å². The number of hydrogen-bond donors (Lipinski definition) is 2. The van der Waals surface area contributed by atoms with Crippen LogP contribution in [0.1, 0.15) is 11.3 Å². The Morgan fingerprint density at radius 3 is 2.53 bits per heavy atom. The lowest BCUT2D eigenvalue weighted by Gasteiger charge is -2.04.